The number of phenols is 1. The Kier molecular flexibility index (Phi) is 3.28. The maximum atomic E-state index is 11.5. The molecule has 0 heterocycles. The maximum Gasteiger partial charge on any atom is 0.311 e. The van der Waals surface area contributed by atoms with Gasteiger partial charge in [0.2, 0.25) is 0 Å². The quantitative estimate of drug-likeness (QED) is 0.650. The summed E-state index contributed by atoms with van der Waals surface area (Å²) in [4.78, 5) is 11.5. The van der Waals surface area contributed by atoms with Crippen molar-refractivity contribution in [3.05, 3.63) is 36.4 Å². The maximum absolute atomic E-state index is 11.5. The molecule has 0 atom stereocenters. The lowest BCUT2D eigenvalue weighted by molar-refractivity contribution is -0.134. The molecule has 0 radical (unpaired) electrons. The van der Waals surface area contributed by atoms with Gasteiger partial charge in [-0.1, -0.05) is 31.2 Å². The van der Waals surface area contributed by atoms with E-state index < -0.39 is 0 Å². The molecule has 0 fully saturated rings. The molecule has 0 aliphatic rings. The van der Waals surface area contributed by atoms with Gasteiger partial charge in [0, 0.05) is 17.2 Å². The molecule has 2 aromatic carbocycles. The SMILES string of the molecule is CCCC(=O)Oc1ccc(O)c2ccccc12. The monoisotopic (exact) mass is 230 g/mol. The average molecular weight is 230 g/mol. The van der Waals surface area contributed by atoms with Crippen LogP contribution in [0.2, 0.25) is 0 Å². The highest BCUT2D eigenvalue weighted by atomic mass is 16.5. The van der Waals surface area contributed by atoms with Crippen LogP contribution in [0.5, 0.6) is 11.5 Å². The zero-order valence-electron chi connectivity index (χ0n) is 9.64. The second-order valence-electron chi connectivity index (χ2n) is 3.85. The fraction of sp³-hybridized carbons (Fsp3) is 0.214. The van der Waals surface area contributed by atoms with Gasteiger partial charge in [0.15, 0.2) is 0 Å². The molecule has 0 amide bonds. The Hall–Kier alpha value is -2.03. The van der Waals surface area contributed by atoms with Crippen LogP contribution in [-0.2, 0) is 4.79 Å². The lowest BCUT2D eigenvalue weighted by atomic mass is 10.1. The molecule has 0 saturated heterocycles. The van der Waals surface area contributed by atoms with Gasteiger partial charge >= 0.3 is 5.97 Å². The molecule has 1 N–H and O–H groups in total. The van der Waals surface area contributed by atoms with Crippen LogP contribution >= 0.6 is 0 Å². The molecule has 0 aromatic heterocycles. The first-order chi connectivity index (χ1) is 8.22. The van der Waals surface area contributed by atoms with Gasteiger partial charge in [-0.15, -0.1) is 0 Å². The summed E-state index contributed by atoms with van der Waals surface area (Å²) in [5.41, 5.74) is 0. The van der Waals surface area contributed by atoms with Crippen LogP contribution < -0.4 is 4.74 Å². The summed E-state index contributed by atoms with van der Waals surface area (Å²) < 4.78 is 5.27. The van der Waals surface area contributed by atoms with Gasteiger partial charge in [-0.3, -0.25) is 4.79 Å². The molecule has 0 saturated carbocycles. The van der Waals surface area contributed by atoms with Crippen LogP contribution in [0.15, 0.2) is 36.4 Å². The molecule has 88 valence electrons. The number of esters is 1. The Bertz CT molecular complexity index is 546. The minimum absolute atomic E-state index is 0.191. The van der Waals surface area contributed by atoms with Crippen molar-refractivity contribution in [2.45, 2.75) is 19.8 Å². The van der Waals surface area contributed by atoms with Crippen molar-refractivity contribution in [1.82, 2.24) is 0 Å². The Balaban J connectivity index is 2.41. The van der Waals surface area contributed by atoms with E-state index in [0.717, 1.165) is 11.8 Å². The fourth-order valence-electron chi connectivity index (χ4n) is 1.72. The third kappa shape index (κ3) is 2.38. The van der Waals surface area contributed by atoms with Crippen molar-refractivity contribution >= 4 is 16.7 Å². The van der Waals surface area contributed by atoms with Crippen molar-refractivity contribution in [2.24, 2.45) is 0 Å². The van der Waals surface area contributed by atoms with Gasteiger partial charge in [-0.05, 0) is 18.6 Å². The van der Waals surface area contributed by atoms with Crippen LogP contribution in [-0.4, -0.2) is 11.1 Å². The molecule has 0 aliphatic carbocycles. The summed E-state index contributed by atoms with van der Waals surface area (Å²) >= 11 is 0. The van der Waals surface area contributed by atoms with Gasteiger partial charge in [0.25, 0.3) is 0 Å². The van der Waals surface area contributed by atoms with E-state index in [9.17, 15) is 9.90 Å². The number of carbonyl (C=O) groups excluding carboxylic acids is 1. The smallest absolute Gasteiger partial charge is 0.311 e. The van der Waals surface area contributed by atoms with E-state index in [0.29, 0.717) is 17.6 Å². The normalized spacial score (nSPS) is 10.4. The van der Waals surface area contributed by atoms with E-state index in [4.69, 9.17) is 4.74 Å². The molecule has 0 unspecified atom stereocenters. The van der Waals surface area contributed by atoms with Crippen molar-refractivity contribution in [3.8, 4) is 11.5 Å². The standard InChI is InChI=1S/C14H14O3/c1-2-5-14(16)17-13-9-8-12(15)10-6-3-4-7-11(10)13/h3-4,6-9,15H,2,5H2,1H3. The minimum atomic E-state index is -0.247. The van der Waals surface area contributed by atoms with Gasteiger partial charge in [0.05, 0.1) is 0 Å². The van der Waals surface area contributed by atoms with Gasteiger partial charge in [-0.2, -0.15) is 0 Å². The second-order valence-corrected chi connectivity index (χ2v) is 3.85. The minimum Gasteiger partial charge on any atom is -0.507 e. The lowest BCUT2D eigenvalue weighted by Crippen LogP contribution is -2.07. The molecule has 3 heteroatoms. The number of aromatic hydroxyl groups is 1. The predicted molar refractivity (Wildman–Crippen MR) is 66.2 cm³/mol. The number of ether oxygens (including phenoxy) is 1. The van der Waals surface area contributed by atoms with Crippen molar-refractivity contribution in [2.75, 3.05) is 0 Å². The Morgan fingerprint density at radius 3 is 2.59 bits per heavy atom. The molecule has 17 heavy (non-hydrogen) atoms. The Labute approximate surface area is 99.6 Å². The number of carbonyl (C=O) groups is 1. The predicted octanol–water partition coefficient (Wildman–Crippen LogP) is 3.25. The molecular formula is C14H14O3. The van der Waals surface area contributed by atoms with E-state index in [1.54, 1.807) is 12.1 Å². The van der Waals surface area contributed by atoms with E-state index >= 15 is 0 Å². The highest BCUT2D eigenvalue weighted by Crippen LogP contribution is 2.32. The zero-order valence-corrected chi connectivity index (χ0v) is 9.64. The molecule has 0 aliphatic heterocycles. The molecule has 0 bridgehead atoms. The van der Waals surface area contributed by atoms with E-state index in [2.05, 4.69) is 0 Å². The summed E-state index contributed by atoms with van der Waals surface area (Å²) in [5, 5.41) is 11.1. The van der Waals surface area contributed by atoms with Gasteiger partial charge in [0.1, 0.15) is 11.5 Å². The van der Waals surface area contributed by atoms with E-state index in [1.807, 2.05) is 25.1 Å². The topological polar surface area (TPSA) is 46.5 Å². The molecule has 3 nitrogen and oxygen atoms in total. The number of phenolic OH excluding ortho intramolecular Hbond substituents is 1. The number of rotatable bonds is 3. The summed E-state index contributed by atoms with van der Waals surface area (Å²) in [5.74, 6) is 0.441. The highest BCUT2D eigenvalue weighted by Gasteiger charge is 2.09. The summed E-state index contributed by atoms with van der Waals surface area (Å²) in [7, 11) is 0. The van der Waals surface area contributed by atoms with Crippen LogP contribution in [0.4, 0.5) is 0 Å². The third-order valence-electron chi connectivity index (χ3n) is 2.54. The lowest BCUT2D eigenvalue weighted by Gasteiger charge is -2.08. The van der Waals surface area contributed by atoms with Gasteiger partial charge < -0.3 is 9.84 Å². The summed E-state index contributed by atoms with van der Waals surface area (Å²) in [6.45, 7) is 1.93. The van der Waals surface area contributed by atoms with Crippen molar-refractivity contribution in [1.29, 1.82) is 0 Å². The average Bonchev–Trinajstić information content (AvgIpc) is 2.34. The number of hydrogen-bond donors (Lipinski definition) is 1. The molecule has 2 rings (SSSR count). The summed E-state index contributed by atoms with van der Waals surface area (Å²) in [6, 6.07) is 10.5. The summed E-state index contributed by atoms with van der Waals surface area (Å²) in [6.07, 6.45) is 1.16. The van der Waals surface area contributed by atoms with Crippen LogP contribution in [0.1, 0.15) is 19.8 Å². The fourth-order valence-corrected chi connectivity index (χ4v) is 1.72. The number of hydrogen-bond acceptors (Lipinski definition) is 3. The molecule has 0 spiro atoms. The first-order valence-corrected chi connectivity index (χ1v) is 5.63. The Morgan fingerprint density at radius 2 is 1.88 bits per heavy atom. The largest absolute Gasteiger partial charge is 0.507 e. The van der Waals surface area contributed by atoms with Gasteiger partial charge in [-0.25, -0.2) is 0 Å². The van der Waals surface area contributed by atoms with Crippen molar-refractivity contribution < 1.29 is 14.6 Å². The van der Waals surface area contributed by atoms with E-state index in [1.165, 1.54) is 6.07 Å². The van der Waals surface area contributed by atoms with E-state index in [-0.39, 0.29) is 11.7 Å². The zero-order chi connectivity index (χ0) is 12.3. The second kappa shape index (κ2) is 4.87. The highest BCUT2D eigenvalue weighted by molar-refractivity contribution is 5.94. The molecular weight excluding hydrogens is 216 g/mol. The van der Waals surface area contributed by atoms with Crippen LogP contribution in [0.3, 0.4) is 0 Å². The van der Waals surface area contributed by atoms with Crippen molar-refractivity contribution in [3.63, 3.8) is 0 Å². The molecule has 2 aromatic rings. The first kappa shape index (κ1) is 11.5. The number of benzene rings is 2. The number of fused-ring (bicyclic) bond motifs is 1. The van der Waals surface area contributed by atoms with Crippen LogP contribution in [0.25, 0.3) is 10.8 Å². The van der Waals surface area contributed by atoms with Crippen LogP contribution in [0, 0.1) is 0 Å². The first-order valence-electron chi connectivity index (χ1n) is 5.63. The Morgan fingerprint density at radius 1 is 1.18 bits per heavy atom. The third-order valence-corrected chi connectivity index (χ3v) is 2.54.